The average Bonchev–Trinajstić information content (AvgIpc) is 2.78. The highest BCUT2D eigenvalue weighted by Gasteiger charge is 2.28. The highest BCUT2D eigenvalue weighted by Crippen LogP contribution is 2.30. The van der Waals surface area contributed by atoms with Gasteiger partial charge in [0.1, 0.15) is 5.75 Å². The Bertz CT molecular complexity index is 1100. The molecule has 0 radical (unpaired) electrons. The van der Waals surface area contributed by atoms with Crippen molar-refractivity contribution < 1.29 is 27.6 Å². The van der Waals surface area contributed by atoms with Crippen LogP contribution < -0.4 is 14.8 Å². The molecule has 0 saturated carbocycles. The first-order chi connectivity index (χ1) is 15.2. The molecule has 0 aliphatic carbocycles. The zero-order valence-corrected chi connectivity index (χ0v) is 18.5. The summed E-state index contributed by atoms with van der Waals surface area (Å²) >= 11 is 0. The normalized spacial score (nSPS) is 15.2. The van der Waals surface area contributed by atoms with Gasteiger partial charge in [0.15, 0.2) is 12.4 Å². The smallest absolute Gasteiger partial charge is 0.310 e. The number of nitro groups is 1. The average molecular weight is 465 g/mol. The molecule has 1 aliphatic rings. The fraction of sp³-hybridized carbons (Fsp3) is 0.350. The Morgan fingerprint density at radius 1 is 1.12 bits per heavy atom. The lowest BCUT2D eigenvalue weighted by atomic mass is 10.3. The number of rotatable bonds is 8. The molecule has 0 unspecified atom stereocenters. The third-order valence-corrected chi connectivity index (χ3v) is 6.86. The maximum Gasteiger partial charge on any atom is 0.310 e. The van der Waals surface area contributed by atoms with E-state index in [0.29, 0.717) is 26.2 Å². The largest absolute Gasteiger partial charge is 0.495 e. The van der Waals surface area contributed by atoms with Gasteiger partial charge in [-0.1, -0.05) is 12.1 Å². The first-order valence-electron chi connectivity index (χ1n) is 9.75. The molecule has 0 aromatic heterocycles. The number of hydrogen-bond acceptors (Lipinski definition) is 8. The number of carbonyl (C=O) groups excluding carboxylic acids is 1. The van der Waals surface area contributed by atoms with E-state index in [-0.39, 0.29) is 27.8 Å². The number of nitro benzene ring substituents is 1. The Hall–Kier alpha value is -3.22. The molecular weight excluding hydrogens is 440 g/mol. The minimum absolute atomic E-state index is 0.0257. The Balaban J connectivity index is 1.75. The zero-order chi connectivity index (χ0) is 23.3. The number of benzene rings is 2. The molecule has 0 atom stereocenters. The second-order valence-electron chi connectivity index (χ2n) is 7.13. The molecule has 2 aromatic rings. The van der Waals surface area contributed by atoms with Gasteiger partial charge in [-0.15, -0.1) is 0 Å². The molecule has 1 saturated heterocycles. The summed E-state index contributed by atoms with van der Waals surface area (Å²) in [7, 11) is -0.426. The molecule has 1 amide bonds. The lowest BCUT2D eigenvalue weighted by molar-refractivity contribution is -0.385. The number of ether oxygens (including phenoxy) is 2. The van der Waals surface area contributed by atoms with E-state index in [4.69, 9.17) is 9.47 Å². The number of piperazine rings is 1. The van der Waals surface area contributed by atoms with Crippen molar-refractivity contribution >= 4 is 27.3 Å². The summed E-state index contributed by atoms with van der Waals surface area (Å²) in [5.41, 5.74) is -0.114. The van der Waals surface area contributed by atoms with Crippen LogP contribution in [0.4, 0.5) is 11.4 Å². The van der Waals surface area contributed by atoms with E-state index in [9.17, 15) is 23.3 Å². The minimum atomic E-state index is -3.75. The van der Waals surface area contributed by atoms with Crippen molar-refractivity contribution in [3.05, 3.63) is 52.6 Å². The molecule has 11 nitrogen and oxygen atoms in total. The van der Waals surface area contributed by atoms with Crippen LogP contribution in [0.5, 0.6) is 11.5 Å². The van der Waals surface area contributed by atoms with Gasteiger partial charge in [-0.05, 0) is 31.3 Å². The van der Waals surface area contributed by atoms with E-state index in [0.717, 1.165) is 0 Å². The Morgan fingerprint density at radius 2 is 1.81 bits per heavy atom. The summed E-state index contributed by atoms with van der Waals surface area (Å²) in [5.74, 6) is -0.414. The van der Waals surface area contributed by atoms with Crippen LogP contribution in [0, 0.1) is 10.1 Å². The quantitative estimate of drug-likeness (QED) is 0.460. The van der Waals surface area contributed by atoms with Gasteiger partial charge in [0.25, 0.3) is 5.91 Å². The maximum atomic E-state index is 13.0. The summed E-state index contributed by atoms with van der Waals surface area (Å²) in [6.45, 7) is 1.49. The maximum absolute atomic E-state index is 13.0. The number of nitrogens with zero attached hydrogens (tertiary/aromatic N) is 3. The molecule has 1 aliphatic heterocycles. The first kappa shape index (κ1) is 23.4. The molecule has 32 heavy (non-hydrogen) atoms. The van der Waals surface area contributed by atoms with Crippen LogP contribution in [-0.2, 0) is 14.8 Å². The summed E-state index contributed by atoms with van der Waals surface area (Å²) in [6, 6.07) is 9.90. The Morgan fingerprint density at radius 3 is 2.47 bits per heavy atom. The van der Waals surface area contributed by atoms with Crippen LogP contribution in [-0.4, -0.2) is 75.4 Å². The van der Waals surface area contributed by atoms with Gasteiger partial charge in [0.2, 0.25) is 10.0 Å². The van der Waals surface area contributed by atoms with E-state index < -0.39 is 27.5 Å². The molecule has 0 bridgehead atoms. The van der Waals surface area contributed by atoms with Crippen molar-refractivity contribution in [1.29, 1.82) is 0 Å². The number of para-hydroxylation sites is 2. The first-order valence-corrected chi connectivity index (χ1v) is 11.2. The van der Waals surface area contributed by atoms with Gasteiger partial charge in [0, 0.05) is 32.2 Å². The van der Waals surface area contributed by atoms with Crippen LogP contribution >= 0.6 is 0 Å². The number of carbonyl (C=O) groups is 1. The van der Waals surface area contributed by atoms with Gasteiger partial charge in [-0.25, -0.2) is 8.42 Å². The van der Waals surface area contributed by atoms with E-state index in [1.54, 1.807) is 6.07 Å². The lowest BCUT2D eigenvalue weighted by Gasteiger charge is -2.31. The molecular formula is C20H24N4O7S. The van der Waals surface area contributed by atoms with E-state index in [1.165, 1.54) is 47.8 Å². The highest BCUT2D eigenvalue weighted by molar-refractivity contribution is 7.89. The predicted octanol–water partition coefficient (Wildman–Crippen LogP) is 1.56. The number of sulfonamides is 1. The van der Waals surface area contributed by atoms with Crippen LogP contribution in [0.15, 0.2) is 47.4 Å². The molecule has 1 fully saturated rings. The summed E-state index contributed by atoms with van der Waals surface area (Å²) in [5, 5.41) is 13.6. The second kappa shape index (κ2) is 9.94. The summed E-state index contributed by atoms with van der Waals surface area (Å²) < 4.78 is 37.9. The van der Waals surface area contributed by atoms with Crippen molar-refractivity contribution in [1.82, 2.24) is 9.21 Å². The molecule has 172 valence electrons. The Kier molecular flexibility index (Phi) is 7.28. The van der Waals surface area contributed by atoms with Crippen LogP contribution in [0.2, 0.25) is 0 Å². The van der Waals surface area contributed by atoms with Gasteiger partial charge >= 0.3 is 5.69 Å². The topological polar surface area (TPSA) is 131 Å². The third kappa shape index (κ3) is 5.33. The molecule has 0 spiro atoms. The molecule has 2 aromatic carbocycles. The van der Waals surface area contributed by atoms with Gasteiger partial charge < -0.3 is 19.7 Å². The monoisotopic (exact) mass is 464 g/mol. The number of likely N-dealkylation sites (N-methyl/N-ethyl adjacent to an activating group) is 1. The molecule has 1 heterocycles. The minimum Gasteiger partial charge on any atom is -0.495 e. The van der Waals surface area contributed by atoms with E-state index >= 15 is 0 Å². The van der Waals surface area contributed by atoms with Crippen molar-refractivity contribution in [2.24, 2.45) is 0 Å². The lowest BCUT2D eigenvalue weighted by Crippen LogP contribution is -2.47. The number of nitrogens with one attached hydrogen (secondary N) is 1. The molecule has 1 N–H and O–H groups in total. The standard InChI is InChI=1S/C20H24N4O7S/c1-22-9-11-23(12-10-22)32(28,29)15-7-8-18(30-2)16(13-15)21-20(25)14-31-19-6-4-3-5-17(19)24(26)27/h3-8,13H,9-12,14H2,1-2H3,(H,21,25). The zero-order valence-electron chi connectivity index (χ0n) is 17.7. The number of amides is 1. The Labute approximate surface area is 185 Å². The SMILES string of the molecule is COc1ccc(S(=O)(=O)N2CCN(C)CC2)cc1NC(=O)COc1ccccc1[N+](=O)[O-]. The number of methoxy groups -OCH3 is 1. The van der Waals surface area contributed by atoms with Crippen molar-refractivity contribution in [3.8, 4) is 11.5 Å². The second-order valence-corrected chi connectivity index (χ2v) is 9.07. The van der Waals surface area contributed by atoms with E-state index in [2.05, 4.69) is 5.32 Å². The fourth-order valence-electron chi connectivity index (χ4n) is 3.18. The summed E-state index contributed by atoms with van der Waals surface area (Å²) in [6.07, 6.45) is 0. The van der Waals surface area contributed by atoms with Crippen LogP contribution in [0.1, 0.15) is 0 Å². The number of hydrogen-bond donors (Lipinski definition) is 1. The third-order valence-electron chi connectivity index (χ3n) is 4.97. The molecule has 3 rings (SSSR count). The van der Waals surface area contributed by atoms with Crippen LogP contribution in [0.3, 0.4) is 0 Å². The van der Waals surface area contributed by atoms with Crippen molar-refractivity contribution in [2.75, 3.05) is 52.3 Å². The highest BCUT2D eigenvalue weighted by atomic mass is 32.2. The summed E-state index contributed by atoms with van der Waals surface area (Å²) in [4.78, 5) is 24.9. The predicted molar refractivity (Wildman–Crippen MR) is 116 cm³/mol. The molecule has 12 heteroatoms. The van der Waals surface area contributed by atoms with Crippen LogP contribution in [0.25, 0.3) is 0 Å². The van der Waals surface area contributed by atoms with E-state index in [1.807, 2.05) is 11.9 Å². The fourth-order valence-corrected chi connectivity index (χ4v) is 4.63. The van der Waals surface area contributed by atoms with Crippen molar-refractivity contribution in [3.63, 3.8) is 0 Å². The number of anilines is 1. The van der Waals surface area contributed by atoms with Gasteiger partial charge in [-0.3, -0.25) is 14.9 Å². The van der Waals surface area contributed by atoms with Gasteiger partial charge in [-0.2, -0.15) is 4.31 Å². The van der Waals surface area contributed by atoms with Gasteiger partial charge in [0.05, 0.1) is 22.6 Å². The van der Waals surface area contributed by atoms with Crippen molar-refractivity contribution in [2.45, 2.75) is 4.90 Å².